The normalized spacial score (nSPS) is 19.9. The number of benzene rings is 1. The molecule has 0 spiro atoms. The molecule has 2 rings (SSSR count). The van der Waals surface area contributed by atoms with E-state index in [1.165, 1.54) is 4.90 Å². The van der Waals surface area contributed by atoms with Crippen molar-refractivity contribution < 1.29 is 15.0 Å². The second-order valence-electron chi connectivity index (χ2n) is 4.49. The van der Waals surface area contributed by atoms with Gasteiger partial charge >= 0.3 is 6.09 Å². The fourth-order valence-electron chi connectivity index (χ4n) is 2.50. The van der Waals surface area contributed by atoms with Crippen LogP contribution in [-0.4, -0.2) is 27.8 Å². The van der Waals surface area contributed by atoms with E-state index in [0.717, 1.165) is 30.4 Å². The largest absolute Gasteiger partial charge is 0.465 e. The Morgan fingerprint density at radius 3 is 2.89 bits per heavy atom. The van der Waals surface area contributed by atoms with Gasteiger partial charge in [0.25, 0.3) is 0 Å². The molecule has 1 heterocycles. The highest BCUT2D eigenvalue weighted by Crippen LogP contribution is 2.34. The van der Waals surface area contributed by atoms with E-state index in [-0.39, 0.29) is 12.6 Å². The van der Waals surface area contributed by atoms with E-state index in [0.29, 0.717) is 11.6 Å². The van der Waals surface area contributed by atoms with Gasteiger partial charge in [0.05, 0.1) is 12.6 Å². The fraction of sp³-hybridized carbons (Fsp3) is 0.462. The lowest BCUT2D eigenvalue weighted by molar-refractivity contribution is 0.106. The van der Waals surface area contributed by atoms with Crippen molar-refractivity contribution in [3.63, 3.8) is 0 Å². The Morgan fingerprint density at radius 2 is 2.22 bits per heavy atom. The van der Waals surface area contributed by atoms with Crippen molar-refractivity contribution in [1.82, 2.24) is 4.90 Å². The Balaban J connectivity index is 2.38. The summed E-state index contributed by atoms with van der Waals surface area (Å²) in [6.07, 6.45) is 1.74. The molecule has 1 aromatic rings. The molecule has 4 nitrogen and oxygen atoms in total. The lowest BCUT2D eigenvalue weighted by Gasteiger charge is -2.34. The maximum absolute atomic E-state index is 11.3. The second kappa shape index (κ2) is 5.59. The predicted octanol–water partition coefficient (Wildman–Crippen LogP) is 3.04. The summed E-state index contributed by atoms with van der Waals surface area (Å²) in [7, 11) is 0. The second-order valence-corrected chi connectivity index (χ2v) is 4.93. The molecule has 1 atom stereocenters. The Hall–Kier alpha value is -1.26. The molecule has 0 saturated carbocycles. The lowest BCUT2D eigenvalue weighted by Crippen LogP contribution is -2.37. The summed E-state index contributed by atoms with van der Waals surface area (Å²) in [5.74, 6) is 0. The first-order valence-corrected chi connectivity index (χ1v) is 6.40. The van der Waals surface area contributed by atoms with Gasteiger partial charge in [-0.15, -0.1) is 0 Å². The van der Waals surface area contributed by atoms with Gasteiger partial charge in [-0.2, -0.15) is 0 Å². The average molecular weight is 270 g/mol. The van der Waals surface area contributed by atoms with E-state index < -0.39 is 6.09 Å². The van der Waals surface area contributed by atoms with Crippen molar-refractivity contribution in [3.8, 4) is 0 Å². The number of carboxylic acid groups (broad SMARTS) is 1. The topological polar surface area (TPSA) is 60.8 Å². The van der Waals surface area contributed by atoms with Gasteiger partial charge < -0.3 is 15.1 Å². The third kappa shape index (κ3) is 2.60. The van der Waals surface area contributed by atoms with Crippen LogP contribution in [0, 0.1) is 0 Å². The van der Waals surface area contributed by atoms with Crippen LogP contribution < -0.4 is 0 Å². The monoisotopic (exact) mass is 269 g/mol. The van der Waals surface area contributed by atoms with E-state index in [9.17, 15) is 15.0 Å². The summed E-state index contributed by atoms with van der Waals surface area (Å²) in [6.45, 7) is 0.438. The SMILES string of the molecule is O=C(O)N1CCCCC1c1cc(Cl)ccc1CO. The molecule has 98 valence electrons. The van der Waals surface area contributed by atoms with Crippen LogP contribution in [0.4, 0.5) is 4.79 Å². The molecule has 1 unspecified atom stereocenters. The van der Waals surface area contributed by atoms with Crippen LogP contribution in [0.15, 0.2) is 18.2 Å². The van der Waals surface area contributed by atoms with Crippen molar-refractivity contribution in [2.45, 2.75) is 31.9 Å². The number of halogens is 1. The summed E-state index contributed by atoms with van der Waals surface area (Å²) in [5, 5.41) is 19.2. The molecule has 0 aliphatic carbocycles. The number of hydrogen-bond donors (Lipinski definition) is 2. The zero-order valence-corrected chi connectivity index (χ0v) is 10.7. The first-order valence-electron chi connectivity index (χ1n) is 6.02. The van der Waals surface area contributed by atoms with Crippen LogP contribution in [0.5, 0.6) is 0 Å². The van der Waals surface area contributed by atoms with Crippen molar-refractivity contribution in [2.24, 2.45) is 0 Å². The third-order valence-electron chi connectivity index (χ3n) is 3.39. The maximum Gasteiger partial charge on any atom is 0.407 e. The Morgan fingerprint density at radius 1 is 1.44 bits per heavy atom. The van der Waals surface area contributed by atoms with Crippen molar-refractivity contribution in [1.29, 1.82) is 0 Å². The summed E-state index contributed by atoms with van der Waals surface area (Å²) in [6, 6.07) is 5.03. The fourth-order valence-corrected chi connectivity index (χ4v) is 2.68. The summed E-state index contributed by atoms with van der Waals surface area (Å²) in [5.41, 5.74) is 1.57. The molecule has 1 aromatic carbocycles. The molecular formula is C13H16ClNO3. The smallest absolute Gasteiger partial charge is 0.407 e. The minimum atomic E-state index is -0.913. The van der Waals surface area contributed by atoms with Crippen molar-refractivity contribution >= 4 is 17.7 Å². The van der Waals surface area contributed by atoms with E-state index in [1.807, 2.05) is 0 Å². The molecule has 0 bridgehead atoms. The molecular weight excluding hydrogens is 254 g/mol. The first kappa shape index (κ1) is 13.2. The van der Waals surface area contributed by atoms with E-state index in [2.05, 4.69) is 0 Å². The molecule has 18 heavy (non-hydrogen) atoms. The van der Waals surface area contributed by atoms with E-state index >= 15 is 0 Å². The molecule has 5 heteroatoms. The quantitative estimate of drug-likeness (QED) is 0.867. The standard InChI is InChI=1S/C13H16ClNO3/c14-10-5-4-9(8-16)11(7-10)12-3-1-2-6-15(12)13(17)18/h4-5,7,12,16H,1-3,6,8H2,(H,17,18). The van der Waals surface area contributed by atoms with Gasteiger partial charge in [-0.25, -0.2) is 4.79 Å². The van der Waals surface area contributed by atoms with Gasteiger partial charge in [-0.3, -0.25) is 0 Å². The van der Waals surface area contributed by atoms with Gasteiger partial charge in [0, 0.05) is 11.6 Å². The zero-order chi connectivity index (χ0) is 13.1. The number of amides is 1. The molecule has 1 fully saturated rings. The number of piperidine rings is 1. The van der Waals surface area contributed by atoms with Gasteiger partial charge in [0.1, 0.15) is 0 Å². The highest BCUT2D eigenvalue weighted by atomic mass is 35.5. The first-order chi connectivity index (χ1) is 8.63. The Labute approximate surface area is 111 Å². The lowest BCUT2D eigenvalue weighted by atomic mass is 9.92. The number of rotatable bonds is 2. The minimum absolute atomic E-state index is 0.101. The van der Waals surface area contributed by atoms with E-state index in [4.69, 9.17) is 11.6 Å². The molecule has 1 amide bonds. The van der Waals surface area contributed by atoms with Crippen LogP contribution in [0.2, 0.25) is 5.02 Å². The minimum Gasteiger partial charge on any atom is -0.465 e. The van der Waals surface area contributed by atoms with Gasteiger partial charge in [-0.05, 0) is 42.5 Å². The number of hydrogen-bond acceptors (Lipinski definition) is 2. The zero-order valence-electron chi connectivity index (χ0n) is 9.97. The number of aliphatic hydroxyl groups excluding tert-OH is 1. The Bertz CT molecular complexity index is 450. The van der Waals surface area contributed by atoms with Crippen LogP contribution in [0.1, 0.15) is 36.4 Å². The molecule has 1 aliphatic heterocycles. The predicted molar refractivity (Wildman–Crippen MR) is 68.7 cm³/mol. The van der Waals surface area contributed by atoms with Crippen molar-refractivity contribution in [3.05, 3.63) is 34.3 Å². The molecule has 0 aromatic heterocycles. The average Bonchev–Trinajstić information content (AvgIpc) is 2.38. The van der Waals surface area contributed by atoms with Gasteiger partial charge in [-0.1, -0.05) is 17.7 Å². The Kier molecular flexibility index (Phi) is 4.09. The maximum atomic E-state index is 11.3. The summed E-state index contributed by atoms with van der Waals surface area (Å²) in [4.78, 5) is 12.7. The number of carbonyl (C=O) groups is 1. The van der Waals surface area contributed by atoms with Crippen LogP contribution in [0.3, 0.4) is 0 Å². The summed E-state index contributed by atoms with van der Waals surface area (Å²) < 4.78 is 0. The number of aliphatic hydroxyl groups is 1. The van der Waals surface area contributed by atoms with Crippen molar-refractivity contribution in [2.75, 3.05) is 6.54 Å². The van der Waals surface area contributed by atoms with E-state index in [1.54, 1.807) is 18.2 Å². The highest BCUT2D eigenvalue weighted by molar-refractivity contribution is 6.30. The molecule has 2 N–H and O–H groups in total. The van der Waals surface area contributed by atoms with Crippen LogP contribution in [0.25, 0.3) is 0 Å². The molecule has 1 aliphatic rings. The van der Waals surface area contributed by atoms with Gasteiger partial charge in [0.2, 0.25) is 0 Å². The number of nitrogens with zero attached hydrogens (tertiary/aromatic N) is 1. The molecule has 0 radical (unpaired) electrons. The van der Waals surface area contributed by atoms with Gasteiger partial charge in [0.15, 0.2) is 0 Å². The molecule has 1 saturated heterocycles. The highest BCUT2D eigenvalue weighted by Gasteiger charge is 2.29. The van der Waals surface area contributed by atoms with Crippen LogP contribution >= 0.6 is 11.6 Å². The van der Waals surface area contributed by atoms with Crippen LogP contribution in [-0.2, 0) is 6.61 Å². The third-order valence-corrected chi connectivity index (χ3v) is 3.62. The summed E-state index contributed by atoms with van der Waals surface area (Å²) >= 11 is 5.97. The number of likely N-dealkylation sites (tertiary alicyclic amines) is 1.